The molecule has 0 radical (unpaired) electrons. The van der Waals surface area contributed by atoms with Crippen molar-refractivity contribution in [2.75, 3.05) is 5.32 Å². The number of rotatable bonds is 6. The highest BCUT2D eigenvalue weighted by atomic mass is 16.5. The average molecular weight is 453 g/mol. The van der Waals surface area contributed by atoms with E-state index in [9.17, 15) is 9.59 Å². The standard InChI is InChI=1S/C27H24N4O3/c1-19-17-21(20(2)31(19)23-9-5-3-6-10-23)18-28-30-27(33)26(32)29-22-13-15-25(16-14-22)34-24-11-7-4-8-12-24/h3-18H,1-2H3,(H,29,32)(H,30,33)/b28-18-. The fourth-order valence-corrected chi connectivity index (χ4v) is 3.52. The monoisotopic (exact) mass is 452 g/mol. The number of benzene rings is 3. The topological polar surface area (TPSA) is 84.7 Å². The lowest BCUT2D eigenvalue weighted by Crippen LogP contribution is -2.32. The highest BCUT2D eigenvalue weighted by Crippen LogP contribution is 2.22. The van der Waals surface area contributed by atoms with Crippen molar-refractivity contribution in [3.8, 4) is 17.2 Å². The Morgan fingerprint density at radius 3 is 2.12 bits per heavy atom. The highest BCUT2D eigenvalue weighted by molar-refractivity contribution is 6.39. The van der Waals surface area contributed by atoms with E-state index in [1.165, 1.54) is 6.21 Å². The van der Waals surface area contributed by atoms with Crippen molar-refractivity contribution < 1.29 is 14.3 Å². The van der Waals surface area contributed by atoms with E-state index in [4.69, 9.17) is 4.74 Å². The van der Waals surface area contributed by atoms with E-state index < -0.39 is 11.8 Å². The van der Waals surface area contributed by atoms with Crippen molar-refractivity contribution in [3.63, 3.8) is 0 Å². The van der Waals surface area contributed by atoms with Crippen LogP contribution in [0.1, 0.15) is 17.0 Å². The number of anilines is 1. The molecule has 1 heterocycles. The lowest BCUT2D eigenvalue weighted by molar-refractivity contribution is -0.136. The number of carbonyl (C=O) groups is 2. The Kier molecular flexibility index (Phi) is 6.84. The van der Waals surface area contributed by atoms with Gasteiger partial charge in [-0.1, -0.05) is 36.4 Å². The summed E-state index contributed by atoms with van der Waals surface area (Å²) in [5, 5.41) is 6.50. The fourth-order valence-electron chi connectivity index (χ4n) is 3.52. The Hall–Kier alpha value is -4.65. The maximum absolute atomic E-state index is 12.2. The molecule has 7 heteroatoms. The summed E-state index contributed by atoms with van der Waals surface area (Å²) in [7, 11) is 0. The van der Waals surface area contributed by atoms with Crippen molar-refractivity contribution in [3.05, 3.63) is 108 Å². The molecule has 7 nitrogen and oxygen atoms in total. The summed E-state index contributed by atoms with van der Waals surface area (Å²) in [6.45, 7) is 3.97. The van der Waals surface area contributed by atoms with Crippen molar-refractivity contribution in [1.82, 2.24) is 9.99 Å². The molecule has 2 N–H and O–H groups in total. The summed E-state index contributed by atoms with van der Waals surface area (Å²) in [6, 6.07) is 28.0. The number of nitrogens with one attached hydrogen (secondary N) is 2. The maximum Gasteiger partial charge on any atom is 0.329 e. The summed E-state index contributed by atoms with van der Waals surface area (Å²) in [4.78, 5) is 24.4. The molecule has 0 saturated carbocycles. The number of nitrogens with zero attached hydrogens (tertiary/aromatic N) is 2. The summed E-state index contributed by atoms with van der Waals surface area (Å²) < 4.78 is 7.81. The van der Waals surface area contributed by atoms with E-state index in [1.807, 2.05) is 80.6 Å². The molecule has 170 valence electrons. The molecule has 0 spiro atoms. The molecular weight excluding hydrogens is 428 g/mol. The van der Waals surface area contributed by atoms with Gasteiger partial charge in [-0.15, -0.1) is 0 Å². The van der Waals surface area contributed by atoms with Gasteiger partial charge in [-0.3, -0.25) is 9.59 Å². The molecule has 4 rings (SSSR count). The van der Waals surface area contributed by atoms with E-state index in [2.05, 4.69) is 20.4 Å². The third-order valence-corrected chi connectivity index (χ3v) is 5.15. The first-order valence-electron chi connectivity index (χ1n) is 10.7. The number of amides is 2. The fraction of sp³-hybridized carbons (Fsp3) is 0.0741. The van der Waals surface area contributed by atoms with Crippen molar-refractivity contribution >= 4 is 23.7 Å². The summed E-state index contributed by atoms with van der Waals surface area (Å²) in [5.41, 5.74) is 6.64. The Morgan fingerprint density at radius 1 is 0.824 bits per heavy atom. The second-order valence-electron chi connectivity index (χ2n) is 7.59. The van der Waals surface area contributed by atoms with Crippen LogP contribution in [-0.4, -0.2) is 22.6 Å². The molecule has 34 heavy (non-hydrogen) atoms. The van der Waals surface area contributed by atoms with Gasteiger partial charge in [0.25, 0.3) is 0 Å². The Balaban J connectivity index is 1.33. The second kappa shape index (κ2) is 10.3. The number of para-hydroxylation sites is 2. The van der Waals surface area contributed by atoms with Crippen LogP contribution in [0.5, 0.6) is 11.5 Å². The van der Waals surface area contributed by atoms with Gasteiger partial charge in [0, 0.05) is 28.3 Å². The molecule has 0 saturated heterocycles. The molecule has 0 atom stereocenters. The Morgan fingerprint density at radius 2 is 1.44 bits per heavy atom. The first kappa shape index (κ1) is 22.5. The average Bonchev–Trinajstić information content (AvgIpc) is 3.14. The number of aryl methyl sites for hydroxylation is 1. The van der Waals surface area contributed by atoms with E-state index in [-0.39, 0.29) is 0 Å². The number of hydrogen-bond acceptors (Lipinski definition) is 4. The SMILES string of the molecule is Cc1cc(/C=N\NC(=O)C(=O)Nc2ccc(Oc3ccccc3)cc2)c(C)n1-c1ccccc1. The van der Waals surface area contributed by atoms with Gasteiger partial charge in [-0.25, -0.2) is 5.43 Å². The van der Waals surface area contributed by atoms with Crippen LogP contribution in [0, 0.1) is 13.8 Å². The van der Waals surface area contributed by atoms with Crippen LogP contribution in [-0.2, 0) is 9.59 Å². The van der Waals surface area contributed by atoms with Gasteiger partial charge >= 0.3 is 11.8 Å². The molecular formula is C27H24N4O3. The number of ether oxygens (including phenoxy) is 1. The lowest BCUT2D eigenvalue weighted by Gasteiger charge is -2.09. The number of hydrogen-bond donors (Lipinski definition) is 2. The summed E-state index contributed by atoms with van der Waals surface area (Å²) in [6.07, 6.45) is 1.53. The van der Waals surface area contributed by atoms with E-state index in [1.54, 1.807) is 24.3 Å². The molecule has 0 unspecified atom stereocenters. The van der Waals surface area contributed by atoms with Crippen LogP contribution in [0.25, 0.3) is 5.69 Å². The van der Waals surface area contributed by atoms with Crippen LogP contribution in [0.4, 0.5) is 5.69 Å². The largest absolute Gasteiger partial charge is 0.457 e. The lowest BCUT2D eigenvalue weighted by atomic mass is 10.2. The van der Waals surface area contributed by atoms with Crippen molar-refractivity contribution in [2.24, 2.45) is 5.10 Å². The zero-order valence-corrected chi connectivity index (χ0v) is 18.9. The molecule has 2 amide bonds. The van der Waals surface area contributed by atoms with E-state index in [0.29, 0.717) is 17.2 Å². The second-order valence-corrected chi connectivity index (χ2v) is 7.59. The zero-order valence-electron chi connectivity index (χ0n) is 18.9. The molecule has 4 aromatic rings. The van der Waals surface area contributed by atoms with Crippen LogP contribution in [0.3, 0.4) is 0 Å². The minimum atomic E-state index is -0.863. The maximum atomic E-state index is 12.2. The zero-order chi connectivity index (χ0) is 23.9. The molecule has 0 fully saturated rings. The first-order valence-corrected chi connectivity index (χ1v) is 10.7. The van der Waals surface area contributed by atoms with Crippen LogP contribution in [0.15, 0.2) is 96.1 Å². The van der Waals surface area contributed by atoms with E-state index >= 15 is 0 Å². The summed E-state index contributed by atoms with van der Waals surface area (Å²) in [5.74, 6) is -0.353. The Bertz CT molecular complexity index is 1310. The molecule has 0 aliphatic carbocycles. The molecule has 3 aromatic carbocycles. The molecule has 0 aliphatic rings. The van der Waals surface area contributed by atoms with Gasteiger partial charge in [0.15, 0.2) is 0 Å². The normalized spacial score (nSPS) is 10.8. The minimum absolute atomic E-state index is 0.468. The minimum Gasteiger partial charge on any atom is -0.457 e. The number of aromatic nitrogens is 1. The van der Waals surface area contributed by atoms with Gasteiger partial charge in [0.1, 0.15) is 11.5 Å². The van der Waals surface area contributed by atoms with Gasteiger partial charge in [0.05, 0.1) is 6.21 Å². The van der Waals surface area contributed by atoms with E-state index in [0.717, 1.165) is 22.6 Å². The van der Waals surface area contributed by atoms with Crippen LogP contribution < -0.4 is 15.5 Å². The third kappa shape index (κ3) is 5.39. The van der Waals surface area contributed by atoms with Crippen LogP contribution in [0.2, 0.25) is 0 Å². The third-order valence-electron chi connectivity index (χ3n) is 5.15. The smallest absolute Gasteiger partial charge is 0.329 e. The quantitative estimate of drug-likeness (QED) is 0.246. The van der Waals surface area contributed by atoms with Gasteiger partial charge < -0.3 is 14.6 Å². The van der Waals surface area contributed by atoms with Gasteiger partial charge in [0.2, 0.25) is 0 Å². The number of hydrazone groups is 1. The summed E-state index contributed by atoms with van der Waals surface area (Å²) >= 11 is 0. The van der Waals surface area contributed by atoms with Crippen LogP contribution >= 0.6 is 0 Å². The molecule has 0 bridgehead atoms. The highest BCUT2D eigenvalue weighted by Gasteiger charge is 2.14. The number of carbonyl (C=O) groups excluding carboxylic acids is 2. The van der Waals surface area contributed by atoms with Gasteiger partial charge in [-0.05, 0) is 68.4 Å². The van der Waals surface area contributed by atoms with Crippen molar-refractivity contribution in [1.29, 1.82) is 0 Å². The molecule has 0 aliphatic heterocycles. The van der Waals surface area contributed by atoms with Gasteiger partial charge in [-0.2, -0.15) is 5.10 Å². The van der Waals surface area contributed by atoms with Crippen molar-refractivity contribution in [2.45, 2.75) is 13.8 Å². The predicted octanol–water partition coefficient (Wildman–Crippen LogP) is 4.98. The Labute approximate surface area is 197 Å². The first-order chi connectivity index (χ1) is 16.5. The molecule has 1 aromatic heterocycles. The predicted molar refractivity (Wildman–Crippen MR) is 133 cm³/mol.